The molecule has 2 aromatic rings. The maximum atomic E-state index is 8.96. The minimum Gasteiger partial charge on any atom is -0.492 e. The average Bonchev–Trinajstić information content (AvgIpc) is 2.82. The van der Waals surface area contributed by atoms with Crippen molar-refractivity contribution < 1.29 is 4.74 Å². The van der Waals surface area contributed by atoms with Crippen LogP contribution in [0.15, 0.2) is 35.7 Å². The summed E-state index contributed by atoms with van der Waals surface area (Å²) in [6.45, 7) is 2.60. The van der Waals surface area contributed by atoms with Gasteiger partial charge in [-0.05, 0) is 36.1 Å². The lowest BCUT2D eigenvalue weighted by atomic mass is 10.1. The molecule has 0 aliphatic heterocycles. The minimum absolute atomic E-state index is 0.599. The average molecular weight is 243 g/mol. The van der Waals surface area contributed by atoms with Crippen molar-refractivity contribution in [2.24, 2.45) is 0 Å². The number of hydrogen-bond acceptors (Lipinski definition) is 3. The zero-order valence-electron chi connectivity index (χ0n) is 9.64. The zero-order chi connectivity index (χ0) is 12.1. The van der Waals surface area contributed by atoms with E-state index in [1.165, 1.54) is 4.88 Å². The second-order valence-electron chi connectivity index (χ2n) is 3.79. The Morgan fingerprint density at radius 1 is 1.35 bits per heavy atom. The number of nitrogens with zero attached hydrogens (tertiary/aromatic N) is 1. The molecule has 0 fully saturated rings. The van der Waals surface area contributed by atoms with Gasteiger partial charge in [0, 0.05) is 11.3 Å². The van der Waals surface area contributed by atoms with E-state index in [2.05, 4.69) is 17.5 Å². The Balaban J connectivity index is 1.99. The fraction of sp³-hybridized carbons (Fsp3) is 0.214. The first-order valence-corrected chi connectivity index (χ1v) is 6.33. The third-order valence-electron chi connectivity index (χ3n) is 2.44. The number of ether oxygens (including phenoxy) is 1. The number of rotatable bonds is 4. The number of thiophene rings is 1. The highest BCUT2D eigenvalue weighted by molar-refractivity contribution is 7.09. The summed E-state index contributed by atoms with van der Waals surface area (Å²) in [6, 6.07) is 11.9. The maximum Gasteiger partial charge on any atom is 0.137 e. The summed E-state index contributed by atoms with van der Waals surface area (Å²) < 4.78 is 5.67. The Kier molecular flexibility index (Phi) is 3.79. The van der Waals surface area contributed by atoms with E-state index in [9.17, 15) is 0 Å². The van der Waals surface area contributed by atoms with Gasteiger partial charge in [0.15, 0.2) is 0 Å². The molecule has 1 aromatic carbocycles. The van der Waals surface area contributed by atoms with E-state index in [1.54, 1.807) is 17.4 Å². The molecule has 1 aromatic heterocycles. The van der Waals surface area contributed by atoms with Gasteiger partial charge in [0.2, 0.25) is 0 Å². The molecule has 1 heterocycles. The standard InChI is InChI=1S/C14H13NOS/c1-11-4-5-12(10-15)14(9-11)16-7-6-13-3-2-8-17-13/h2-5,8-9H,6-7H2,1H3. The van der Waals surface area contributed by atoms with Crippen LogP contribution in [0.1, 0.15) is 16.0 Å². The van der Waals surface area contributed by atoms with Gasteiger partial charge in [-0.15, -0.1) is 11.3 Å². The van der Waals surface area contributed by atoms with Crippen LogP contribution in [0.4, 0.5) is 0 Å². The molecule has 0 radical (unpaired) electrons. The summed E-state index contributed by atoms with van der Waals surface area (Å²) in [5.74, 6) is 0.684. The van der Waals surface area contributed by atoms with Crippen LogP contribution in [0.25, 0.3) is 0 Å². The first-order valence-electron chi connectivity index (χ1n) is 5.45. The molecule has 17 heavy (non-hydrogen) atoms. The minimum atomic E-state index is 0.599. The molecule has 0 amide bonds. The van der Waals surface area contributed by atoms with Crippen molar-refractivity contribution in [1.29, 1.82) is 5.26 Å². The highest BCUT2D eigenvalue weighted by Crippen LogP contribution is 2.20. The summed E-state index contributed by atoms with van der Waals surface area (Å²) in [7, 11) is 0. The molecule has 0 spiro atoms. The fourth-order valence-electron chi connectivity index (χ4n) is 1.56. The van der Waals surface area contributed by atoms with Crippen LogP contribution in [-0.2, 0) is 6.42 Å². The number of benzene rings is 1. The van der Waals surface area contributed by atoms with Crippen LogP contribution < -0.4 is 4.74 Å². The molecule has 0 unspecified atom stereocenters. The Hall–Kier alpha value is -1.79. The van der Waals surface area contributed by atoms with Gasteiger partial charge in [-0.3, -0.25) is 0 Å². The second kappa shape index (κ2) is 5.51. The van der Waals surface area contributed by atoms with Gasteiger partial charge in [-0.2, -0.15) is 5.26 Å². The number of hydrogen-bond donors (Lipinski definition) is 0. The van der Waals surface area contributed by atoms with Gasteiger partial charge in [0.05, 0.1) is 12.2 Å². The van der Waals surface area contributed by atoms with Crippen LogP contribution in [0.2, 0.25) is 0 Å². The van der Waals surface area contributed by atoms with Gasteiger partial charge in [-0.25, -0.2) is 0 Å². The van der Waals surface area contributed by atoms with E-state index in [-0.39, 0.29) is 0 Å². The lowest BCUT2D eigenvalue weighted by molar-refractivity contribution is 0.322. The van der Waals surface area contributed by atoms with Crippen LogP contribution in [0.5, 0.6) is 5.75 Å². The highest BCUT2D eigenvalue weighted by atomic mass is 32.1. The topological polar surface area (TPSA) is 33.0 Å². The summed E-state index contributed by atoms with van der Waals surface area (Å²) in [5.41, 5.74) is 1.71. The van der Waals surface area contributed by atoms with Gasteiger partial charge in [0.1, 0.15) is 11.8 Å². The smallest absolute Gasteiger partial charge is 0.137 e. The van der Waals surface area contributed by atoms with Crippen molar-refractivity contribution >= 4 is 11.3 Å². The molecule has 0 aliphatic carbocycles. The fourth-order valence-corrected chi connectivity index (χ4v) is 2.25. The van der Waals surface area contributed by atoms with Crippen molar-refractivity contribution in [3.8, 4) is 11.8 Å². The van der Waals surface area contributed by atoms with Crippen molar-refractivity contribution in [1.82, 2.24) is 0 Å². The molecule has 0 saturated carbocycles. The largest absolute Gasteiger partial charge is 0.492 e. The van der Waals surface area contributed by atoms with Crippen LogP contribution in [0.3, 0.4) is 0 Å². The van der Waals surface area contributed by atoms with Crippen molar-refractivity contribution in [3.05, 3.63) is 51.7 Å². The van der Waals surface area contributed by atoms with Gasteiger partial charge in [-0.1, -0.05) is 12.1 Å². The number of aryl methyl sites for hydroxylation is 1. The molecule has 0 saturated heterocycles. The Morgan fingerprint density at radius 3 is 2.94 bits per heavy atom. The SMILES string of the molecule is Cc1ccc(C#N)c(OCCc2cccs2)c1. The summed E-state index contributed by atoms with van der Waals surface area (Å²) >= 11 is 1.73. The van der Waals surface area contributed by atoms with E-state index in [1.807, 2.05) is 25.1 Å². The predicted octanol–water partition coefficient (Wildman–Crippen LogP) is 3.55. The molecule has 0 atom stereocenters. The molecule has 0 bridgehead atoms. The zero-order valence-corrected chi connectivity index (χ0v) is 10.5. The van der Waals surface area contributed by atoms with Gasteiger partial charge < -0.3 is 4.74 Å². The first-order chi connectivity index (χ1) is 8.29. The molecular formula is C14H13NOS. The van der Waals surface area contributed by atoms with Crippen LogP contribution in [-0.4, -0.2) is 6.61 Å². The lowest BCUT2D eigenvalue weighted by Crippen LogP contribution is -2.01. The maximum absolute atomic E-state index is 8.96. The van der Waals surface area contributed by atoms with Crippen LogP contribution >= 0.6 is 11.3 Å². The van der Waals surface area contributed by atoms with E-state index >= 15 is 0 Å². The quantitative estimate of drug-likeness (QED) is 0.822. The third-order valence-corrected chi connectivity index (χ3v) is 3.38. The molecular weight excluding hydrogens is 230 g/mol. The molecule has 0 N–H and O–H groups in total. The second-order valence-corrected chi connectivity index (χ2v) is 4.82. The van der Waals surface area contributed by atoms with E-state index in [0.29, 0.717) is 17.9 Å². The van der Waals surface area contributed by atoms with Gasteiger partial charge in [0.25, 0.3) is 0 Å². The summed E-state index contributed by atoms with van der Waals surface area (Å²) in [4.78, 5) is 1.30. The summed E-state index contributed by atoms with van der Waals surface area (Å²) in [6.07, 6.45) is 0.885. The van der Waals surface area contributed by atoms with Crippen molar-refractivity contribution in [2.75, 3.05) is 6.61 Å². The Morgan fingerprint density at radius 2 is 2.24 bits per heavy atom. The monoisotopic (exact) mass is 243 g/mol. The number of nitriles is 1. The molecule has 3 heteroatoms. The van der Waals surface area contributed by atoms with Crippen molar-refractivity contribution in [3.63, 3.8) is 0 Å². The van der Waals surface area contributed by atoms with E-state index in [0.717, 1.165) is 12.0 Å². The third kappa shape index (κ3) is 3.08. The van der Waals surface area contributed by atoms with Crippen LogP contribution in [0, 0.1) is 18.3 Å². The molecule has 2 nitrogen and oxygen atoms in total. The normalized spacial score (nSPS) is 9.88. The Labute approximate surface area is 105 Å². The lowest BCUT2D eigenvalue weighted by Gasteiger charge is -2.07. The van der Waals surface area contributed by atoms with Crippen molar-refractivity contribution in [2.45, 2.75) is 13.3 Å². The molecule has 86 valence electrons. The van der Waals surface area contributed by atoms with E-state index < -0.39 is 0 Å². The van der Waals surface area contributed by atoms with Gasteiger partial charge >= 0.3 is 0 Å². The van der Waals surface area contributed by atoms with E-state index in [4.69, 9.17) is 10.00 Å². The summed E-state index contributed by atoms with van der Waals surface area (Å²) in [5, 5.41) is 11.0. The molecule has 0 aliphatic rings. The Bertz CT molecular complexity index is 526. The molecule has 2 rings (SSSR count). The predicted molar refractivity (Wildman–Crippen MR) is 69.4 cm³/mol. The first kappa shape index (κ1) is 11.7. The highest BCUT2D eigenvalue weighted by Gasteiger charge is 2.03.